The molecule has 28 heavy (non-hydrogen) atoms. The first-order valence-electron chi connectivity index (χ1n) is 9.98. The van der Waals surface area contributed by atoms with Gasteiger partial charge in [-0.2, -0.15) is 0 Å². The van der Waals surface area contributed by atoms with Gasteiger partial charge in [-0.25, -0.2) is 4.79 Å². The number of likely N-dealkylation sites (tertiary alicyclic amines) is 2. The topological polar surface area (TPSA) is 71.1 Å². The van der Waals surface area contributed by atoms with Crippen molar-refractivity contribution in [2.75, 3.05) is 32.8 Å². The fourth-order valence-corrected chi connectivity index (χ4v) is 4.58. The predicted molar refractivity (Wildman–Crippen MR) is 103 cm³/mol. The van der Waals surface area contributed by atoms with Crippen LogP contribution in [-0.2, 0) is 9.53 Å². The van der Waals surface area contributed by atoms with Gasteiger partial charge in [0.2, 0.25) is 5.91 Å². The third kappa shape index (κ3) is 3.42. The molecule has 1 unspecified atom stereocenters. The van der Waals surface area contributed by atoms with E-state index in [9.17, 15) is 9.59 Å². The lowest BCUT2D eigenvalue weighted by Crippen LogP contribution is -2.65. The maximum Gasteiger partial charge on any atom is 0.320 e. The second-order valence-corrected chi connectivity index (χ2v) is 8.50. The Balaban J connectivity index is 1.15. The van der Waals surface area contributed by atoms with Gasteiger partial charge in [-0.05, 0) is 36.8 Å². The largest absolute Gasteiger partial charge is 0.485 e. The second kappa shape index (κ2) is 7.12. The first kappa shape index (κ1) is 18.1. The summed E-state index contributed by atoms with van der Waals surface area (Å²) in [5.41, 5.74) is 1.17. The Bertz CT molecular complexity index is 794. The first-order chi connectivity index (χ1) is 13.6. The quantitative estimate of drug-likeness (QED) is 0.834. The number of hydrogen-bond acceptors (Lipinski definition) is 4. The van der Waals surface area contributed by atoms with E-state index in [1.165, 1.54) is 18.4 Å². The number of nitrogens with zero attached hydrogens (tertiary/aromatic N) is 2. The van der Waals surface area contributed by atoms with Crippen LogP contribution in [0.1, 0.15) is 30.7 Å². The highest BCUT2D eigenvalue weighted by Gasteiger charge is 2.40. The van der Waals surface area contributed by atoms with E-state index in [1.54, 1.807) is 9.80 Å². The molecule has 8 heteroatoms. The van der Waals surface area contributed by atoms with Crippen molar-refractivity contribution >= 4 is 23.5 Å². The van der Waals surface area contributed by atoms with E-state index in [-0.39, 0.29) is 36.8 Å². The number of halogens is 1. The van der Waals surface area contributed by atoms with Crippen molar-refractivity contribution in [3.05, 3.63) is 28.8 Å². The number of hydrogen-bond donors (Lipinski definition) is 1. The van der Waals surface area contributed by atoms with E-state index in [2.05, 4.69) is 11.4 Å². The number of fused-ring (bicyclic) bond motifs is 1. The molecule has 1 N–H and O–H groups in total. The lowest BCUT2D eigenvalue weighted by molar-refractivity contribution is -0.139. The number of urea groups is 1. The van der Waals surface area contributed by atoms with Crippen LogP contribution in [0.2, 0.25) is 5.02 Å². The molecule has 1 aromatic rings. The molecule has 1 aliphatic carbocycles. The molecule has 3 aliphatic heterocycles. The van der Waals surface area contributed by atoms with Gasteiger partial charge in [0, 0.05) is 13.1 Å². The molecule has 4 aliphatic rings. The van der Waals surface area contributed by atoms with Crippen LogP contribution in [0.5, 0.6) is 5.75 Å². The minimum Gasteiger partial charge on any atom is -0.485 e. The summed E-state index contributed by atoms with van der Waals surface area (Å²) in [6.07, 6.45) is 3.10. The van der Waals surface area contributed by atoms with Crippen molar-refractivity contribution in [1.29, 1.82) is 0 Å². The Labute approximate surface area is 168 Å². The Hall–Kier alpha value is -1.99. The van der Waals surface area contributed by atoms with Gasteiger partial charge >= 0.3 is 6.03 Å². The van der Waals surface area contributed by atoms with Gasteiger partial charge in [0.05, 0.1) is 30.3 Å². The van der Waals surface area contributed by atoms with E-state index in [0.29, 0.717) is 42.9 Å². The highest BCUT2D eigenvalue weighted by atomic mass is 35.5. The van der Waals surface area contributed by atoms with Gasteiger partial charge in [0.25, 0.3) is 0 Å². The minimum atomic E-state index is -0.115. The summed E-state index contributed by atoms with van der Waals surface area (Å²) in [4.78, 5) is 27.9. The van der Waals surface area contributed by atoms with Gasteiger partial charge < -0.3 is 24.6 Å². The Morgan fingerprint density at radius 1 is 1.18 bits per heavy atom. The highest BCUT2D eigenvalue weighted by molar-refractivity contribution is 6.33. The maximum atomic E-state index is 12.8. The summed E-state index contributed by atoms with van der Waals surface area (Å²) in [7, 11) is 0. The van der Waals surface area contributed by atoms with Crippen LogP contribution >= 0.6 is 11.6 Å². The van der Waals surface area contributed by atoms with Crippen molar-refractivity contribution in [2.45, 2.75) is 43.4 Å². The van der Waals surface area contributed by atoms with E-state index in [1.807, 2.05) is 12.1 Å². The number of carbonyl (C=O) groups excluding carboxylic acids is 2. The molecule has 4 fully saturated rings. The monoisotopic (exact) mass is 405 g/mol. The van der Waals surface area contributed by atoms with Crippen LogP contribution in [0.15, 0.2) is 18.2 Å². The first-order valence-corrected chi connectivity index (χ1v) is 10.4. The Kier molecular flexibility index (Phi) is 4.59. The number of carbonyl (C=O) groups is 2. The number of nitrogens with one attached hydrogen (secondary N) is 1. The van der Waals surface area contributed by atoms with Crippen molar-refractivity contribution in [3.8, 4) is 5.75 Å². The molecule has 1 saturated carbocycles. The average molecular weight is 406 g/mol. The van der Waals surface area contributed by atoms with Crippen molar-refractivity contribution in [1.82, 2.24) is 15.1 Å². The second-order valence-electron chi connectivity index (χ2n) is 8.12. The average Bonchev–Trinajstić information content (AvgIpc) is 3.49. The fraction of sp³-hybridized carbons (Fsp3) is 0.600. The predicted octanol–water partition coefficient (Wildman–Crippen LogP) is 1.99. The van der Waals surface area contributed by atoms with Crippen molar-refractivity contribution in [2.24, 2.45) is 0 Å². The zero-order valence-electron chi connectivity index (χ0n) is 15.6. The van der Waals surface area contributed by atoms with Gasteiger partial charge in [-0.1, -0.05) is 23.7 Å². The lowest BCUT2D eigenvalue weighted by atomic mass is 10.0. The fourth-order valence-electron chi connectivity index (χ4n) is 4.25. The van der Waals surface area contributed by atoms with Crippen LogP contribution in [0.25, 0.3) is 0 Å². The SMILES string of the molecule is O=C1CO[C@H]2CCN(C(=O)N3CC(Oc4cccc(C5CC5)c4Cl)C3)CC2N1. The third-order valence-electron chi connectivity index (χ3n) is 6.02. The molecule has 0 aromatic heterocycles. The standard InChI is InChI=1S/C20H24ClN3O4/c21-19-14(12-4-5-12)2-1-3-17(19)28-13-8-24(9-13)20(26)23-7-6-16-15(10-23)22-18(25)11-27-16/h1-3,12-13,15-16H,4-11H2,(H,22,25)/t15?,16-/m0/s1. The molecular formula is C20H24ClN3O4. The summed E-state index contributed by atoms with van der Waals surface area (Å²) < 4.78 is 11.6. The molecule has 2 atom stereocenters. The zero-order valence-corrected chi connectivity index (χ0v) is 16.4. The molecule has 3 saturated heterocycles. The lowest BCUT2D eigenvalue weighted by Gasteiger charge is -2.45. The molecule has 0 radical (unpaired) electrons. The van der Waals surface area contributed by atoms with Crippen LogP contribution < -0.4 is 10.1 Å². The summed E-state index contributed by atoms with van der Waals surface area (Å²) in [5, 5.41) is 3.64. The number of piperidine rings is 1. The number of amides is 3. The van der Waals surface area contributed by atoms with E-state index in [0.717, 1.165) is 6.42 Å². The number of ether oxygens (including phenoxy) is 2. The Morgan fingerprint density at radius 2 is 2.00 bits per heavy atom. The summed E-state index contributed by atoms with van der Waals surface area (Å²) >= 11 is 6.51. The summed E-state index contributed by atoms with van der Waals surface area (Å²) in [6.45, 7) is 2.36. The maximum absolute atomic E-state index is 12.8. The van der Waals surface area contributed by atoms with Gasteiger partial charge in [0.1, 0.15) is 18.5 Å². The number of rotatable bonds is 3. The van der Waals surface area contributed by atoms with E-state index in [4.69, 9.17) is 21.1 Å². The molecular weight excluding hydrogens is 382 g/mol. The summed E-state index contributed by atoms with van der Waals surface area (Å²) in [5.74, 6) is 1.17. The van der Waals surface area contributed by atoms with Gasteiger partial charge in [-0.15, -0.1) is 0 Å². The van der Waals surface area contributed by atoms with E-state index >= 15 is 0 Å². The van der Waals surface area contributed by atoms with Crippen molar-refractivity contribution < 1.29 is 19.1 Å². The molecule has 5 rings (SSSR count). The minimum absolute atomic E-state index is 0.00375. The van der Waals surface area contributed by atoms with E-state index < -0.39 is 0 Å². The third-order valence-corrected chi connectivity index (χ3v) is 6.42. The highest BCUT2D eigenvalue weighted by Crippen LogP contribution is 2.45. The number of morpholine rings is 1. The molecule has 3 amide bonds. The van der Waals surface area contributed by atoms with Gasteiger partial charge in [0.15, 0.2) is 0 Å². The normalized spacial score (nSPS) is 27.7. The van der Waals surface area contributed by atoms with Crippen LogP contribution in [0.4, 0.5) is 4.79 Å². The van der Waals surface area contributed by atoms with Crippen LogP contribution in [-0.4, -0.2) is 72.8 Å². The van der Waals surface area contributed by atoms with Gasteiger partial charge in [-0.3, -0.25) is 4.79 Å². The zero-order chi connectivity index (χ0) is 19.3. The Morgan fingerprint density at radius 3 is 2.79 bits per heavy atom. The smallest absolute Gasteiger partial charge is 0.320 e. The molecule has 7 nitrogen and oxygen atoms in total. The molecule has 1 aromatic carbocycles. The molecule has 3 heterocycles. The van der Waals surface area contributed by atoms with Crippen LogP contribution in [0.3, 0.4) is 0 Å². The molecule has 0 bridgehead atoms. The van der Waals surface area contributed by atoms with Crippen molar-refractivity contribution in [3.63, 3.8) is 0 Å². The molecule has 0 spiro atoms. The number of benzene rings is 1. The van der Waals surface area contributed by atoms with Crippen LogP contribution in [0, 0.1) is 0 Å². The molecule has 150 valence electrons. The summed E-state index contributed by atoms with van der Waals surface area (Å²) in [6, 6.07) is 5.84.